The summed E-state index contributed by atoms with van der Waals surface area (Å²) in [4.78, 5) is 0. The van der Waals surface area contributed by atoms with E-state index in [1.54, 1.807) is 0 Å². The van der Waals surface area contributed by atoms with Crippen molar-refractivity contribution >= 4 is 23.2 Å². The van der Waals surface area contributed by atoms with Gasteiger partial charge in [0.25, 0.3) is 0 Å². The van der Waals surface area contributed by atoms with Crippen LogP contribution in [0, 0.1) is 5.92 Å². The lowest BCUT2D eigenvalue weighted by molar-refractivity contribution is 0.273. The van der Waals surface area contributed by atoms with Crippen molar-refractivity contribution in [3.05, 3.63) is 33.8 Å². The van der Waals surface area contributed by atoms with E-state index in [2.05, 4.69) is 18.4 Å². The van der Waals surface area contributed by atoms with Gasteiger partial charge in [0.05, 0.1) is 0 Å². The monoisotopic (exact) mass is 271 g/mol. The standard InChI is InChI=1S/C14H19Cl2N/c1-17-14-5-3-2-4-11(14)8-10-6-7-12(15)9-13(10)16/h6-7,9,11,14,17H,2-5,8H2,1H3. The minimum Gasteiger partial charge on any atom is -0.317 e. The fourth-order valence-corrected chi connectivity index (χ4v) is 3.29. The van der Waals surface area contributed by atoms with Crippen LogP contribution in [0.15, 0.2) is 18.2 Å². The second kappa shape index (κ2) is 6.08. The predicted molar refractivity (Wildman–Crippen MR) is 75.0 cm³/mol. The van der Waals surface area contributed by atoms with Crippen LogP contribution in [0.1, 0.15) is 31.2 Å². The van der Waals surface area contributed by atoms with E-state index in [1.165, 1.54) is 31.2 Å². The van der Waals surface area contributed by atoms with E-state index >= 15 is 0 Å². The van der Waals surface area contributed by atoms with Crippen molar-refractivity contribution in [1.29, 1.82) is 0 Å². The number of hydrogen-bond donors (Lipinski definition) is 1. The molecule has 1 aromatic carbocycles. The Balaban J connectivity index is 2.08. The Morgan fingerprint density at radius 2 is 2.00 bits per heavy atom. The molecule has 1 saturated carbocycles. The molecule has 1 aromatic rings. The second-order valence-electron chi connectivity index (χ2n) is 4.88. The summed E-state index contributed by atoms with van der Waals surface area (Å²) in [6.45, 7) is 0. The SMILES string of the molecule is CNC1CCCCC1Cc1ccc(Cl)cc1Cl. The maximum atomic E-state index is 6.23. The highest BCUT2D eigenvalue weighted by atomic mass is 35.5. The van der Waals surface area contributed by atoms with Gasteiger partial charge in [0.15, 0.2) is 0 Å². The van der Waals surface area contributed by atoms with E-state index in [9.17, 15) is 0 Å². The van der Waals surface area contributed by atoms with Crippen molar-refractivity contribution in [3.63, 3.8) is 0 Å². The smallest absolute Gasteiger partial charge is 0.0452 e. The molecule has 1 N–H and O–H groups in total. The third-order valence-electron chi connectivity index (χ3n) is 3.78. The molecule has 0 spiro atoms. The van der Waals surface area contributed by atoms with Crippen molar-refractivity contribution in [2.24, 2.45) is 5.92 Å². The molecule has 0 bridgehead atoms. The minimum atomic E-state index is 0.635. The summed E-state index contributed by atoms with van der Waals surface area (Å²) in [6, 6.07) is 6.47. The van der Waals surface area contributed by atoms with E-state index in [0.29, 0.717) is 17.0 Å². The summed E-state index contributed by atoms with van der Waals surface area (Å²) < 4.78 is 0. The van der Waals surface area contributed by atoms with Crippen molar-refractivity contribution in [2.75, 3.05) is 7.05 Å². The van der Waals surface area contributed by atoms with E-state index in [-0.39, 0.29) is 0 Å². The first-order valence-electron chi connectivity index (χ1n) is 6.32. The zero-order valence-corrected chi connectivity index (χ0v) is 11.7. The van der Waals surface area contributed by atoms with Crippen LogP contribution in [0.2, 0.25) is 10.0 Å². The van der Waals surface area contributed by atoms with Crippen LogP contribution in [0.3, 0.4) is 0 Å². The van der Waals surface area contributed by atoms with Gasteiger partial charge >= 0.3 is 0 Å². The number of nitrogens with one attached hydrogen (secondary N) is 1. The Bertz CT molecular complexity index is 378. The lowest BCUT2D eigenvalue weighted by Crippen LogP contribution is -2.37. The van der Waals surface area contributed by atoms with Crippen molar-refractivity contribution < 1.29 is 0 Å². The fraction of sp³-hybridized carbons (Fsp3) is 0.571. The van der Waals surface area contributed by atoms with E-state index in [4.69, 9.17) is 23.2 Å². The number of rotatable bonds is 3. The molecule has 17 heavy (non-hydrogen) atoms. The Kier molecular flexibility index (Phi) is 4.72. The molecule has 2 rings (SSSR count). The first kappa shape index (κ1) is 13.2. The maximum absolute atomic E-state index is 6.23. The van der Waals surface area contributed by atoms with Gasteiger partial charge in [-0.3, -0.25) is 0 Å². The molecule has 0 saturated heterocycles. The highest BCUT2D eigenvalue weighted by molar-refractivity contribution is 6.35. The average Bonchev–Trinajstić information content (AvgIpc) is 2.33. The first-order valence-corrected chi connectivity index (χ1v) is 7.07. The lowest BCUT2D eigenvalue weighted by Gasteiger charge is -2.31. The molecule has 0 aliphatic heterocycles. The van der Waals surface area contributed by atoms with Gasteiger partial charge in [0, 0.05) is 16.1 Å². The van der Waals surface area contributed by atoms with Crippen LogP contribution in [-0.2, 0) is 6.42 Å². The molecule has 0 radical (unpaired) electrons. The molecule has 94 valence electrons. The molecule has 0 amide bonds. The number of halogens is 2. The average molecular weight is 272 g/mol. The number of benzene rings is 1. The van der Waals surface area contributed by atoms with Gasteiger partial charge in [-0.25, -0.2) is 0 Å². The van der Waals surface area contributed by atoms with E-state index < -0.39 is 0 Å². The molecular weight excluding hydrogens is 253 g/mol. The van der Waals surface area contributed by atoms with Crippen LogP contribution in [-0.4, -0.2) is 13.1 Å². The van der Waals surface area contributed by atoms with E-state index in [0.717, 1.165) is 11.4 Å². The summed E-state index contributed by atoms with van der Waals surface area (Å²) in [6.07, 6.45) is 6.32. The van der Waals surface area contributed by atoms with Gasteiger partial charge in [-0.15, -0.1) is 0 Å². The molecule has 0 heterocycles. The third kappa shape index (κ3) is 3.37. The quantitative estimate of drug-likeness (QED) is 0.864. The summed E-state index contributed by atoms with van der Waals surface area (Å²) in [5, 5.41) is 4.95. The number of hydrogen-bond acceptors (Lipinski definition) is 1. The molecule has 0 aromatic heterocycles. The zero-order valence-electron chi connectivity index (χ0n) is 10.2. The molecule has 2 unspecified atom stereocenters. The van der Waals surface area contributed by atoms with Crippen LogP contribution in [0.4, 0.5) is 0 Å². The van der Waals surface area contributed by atoms with Crippen molar-refractivity contribution in [2.45, 2.75) is 38.1 Å². The van der Waals surface area contributed by atoms with Gasteiger partial charge < -0.3 is 5.32 Å². The Morgan fingerprint density at radius 1 is 1.24 bits per heavy atom. The van der Waals surface area contributed by atoms with Crippen LogP contribution < -0.4 is 5.32 Å². The normalized spacial score (nSPS) is 24.9. The van der Waals surface area contributed by atoms with Gasteiger partial charge in [-0.05, 0) is 49.9 Å². The van der Waals surface area contributed by atoms with Crippen molar-refractivity contribution in [1.82, 2.24) is 5.32 Å². The lowest BCUT2D eigenvalue weighted by atomic mass is 9.81. The topological polar surface area (TPSA) is 12.0 Å². The van der Waals surface area contributed by atoms with Crippen LogP contribution in [0.25, 0.3) is 0 Å². The maximum Gasteiger partial charge on any atom is 0.0452 e. The molecule has 1 aliphatic rings. The molecule has 1 aliphatic carbocycles. The minimum absolute atomic E-state index is 0.635. The Morgan fingerprint density at radius 3 is 2.71 bits per heavy atom. The van der Waals surface area contributed by atoms with E-state index in [1.807, 2.05) is 12.1 Å². The largest absolute Gasteiger partial charge is 0.317 e. The first-order chi connectivity index (χ1) is 8.20. The second-order valence-corrected chi connectivity index (χ2v) is 5.72. The molecule has 3 heteroatoms. The van der Waals surface area contributed by atoms with Gasteiger partial charge in [-0.1, -0.05) is 42.1 Å². The third-order valence-corrected chi connectivity index (χ3v) is 4.36. The van der Waals surface area contributed by atoms with Gasteiger partial charge in [0.2, 0.25) is 0 Å². The molecule has 2 atom stereocenters. The summed E-state index contributed by atoms with van der Waals surface area (Å²) in [5.41, 5.74) is 1.23. The highest BCUT2D eigenvalue weighted by Crippen LogP contribution is 2.30. The predicted octanol–water partition coefficient (Wildman–Crippen LogP) is 4.31. The Labute approximate surface area is 114 Å². The van der Waals surface area contributed by atoms with Gasteiger partial charge in [0.1, 0.15) is 0 Å². The fourth-order valence-electron chi connectivity index (χ4n) is 2.80. The van der Waals surface area contributed by atoms with Crippen LogP contribution in [0.5, 0.6) is 0 Å². The highest BCUT2D eigenvalue weighted by Gasteiger charge is 2.24. The van der Waals surface area contributed by atoms with Crippen LogP contribution >= 0.6 is 23.2 Å². The summed E-state index contributed by atoms with van der Waals surface area (Å²) in [7, 11) is 2.06. The van der Waals surface area contributed by atoms with Crippen molar-refractivity contribution in [3.8, 4) is 0 Å². The molecular formula is C14H19Cl2N. The molecule has 1 fully saturated rings. The van der Waals surface area contributed by atoms with Gasteiger partial charge in [-0.2, -0.15) is 0 Å². The zero-order chi connectivity index (χ0) is 12.3. The summed E-state index contributed by atoms with van der Waals surface area (Å²) >= 11 is 12.2. The Hall–Kier alpha value is -0.240. The molecule has 1 nitrogen and oxygen atoms in total. The summed E-state index contributed by atoms with van der Waals surface area (Å²) in [5.74, 6) is 0.701.